The number of amides is 2. The SMILES string of the molecule is CCOc1ccccc1N(CC(=O)N(Cc1cccc(C)c1)C(CC)C(=O)NC(C)C)S(=O)(=O)c1ccccc1. The van der Waals surface area contributed by atoms with E-state index in [4.69, 9.17) is 4.74 Å². The molecule has 3 rings (SSSR count). The molecule has 1 atom stereocenters. The zero-order valence-corrected chi connectivity index (χ0v) is 24.6. The van der Waals surface area contributed by atoms with Crippen molar-refractivity contribution in [3.8, 4) is 5.75 Å². The zero-order valence-electron chi connectivity index (χ0n) is 23.8. The van der Waals surface area contributed by atoms with Crippen molar-refractivity contribution in [2.24, 2.45) is 0 Å². The van der Waals surface area contributed by atoms with Crippen LogP contribution in [-0.4, -0.2) is 50.4 Å². The van der Waals surface area contributed by atoms with Gasteiger partial charge in [-0.15, -0.1) is 0 Å². The molecule has 0 heterocycles. The highest BCUT2D eigenvalue weighted by atomic mass is 32.2. The van der Waals surface area contributed by atoms with E-state index in [0.717, 1.165) is 15.4 Å². The molecule has 0 aliphatic carbocycles. The summed E-state index contributed by atoms with van der Waals surface area (Å²) in [7, 11) is -4.17. The van der Waals surface area contributed by atoms with Crippen LogP contribution in [0.15, 0.2) is 83.8 Å². The first kappa shape index (κ1) is 30.7. The molecule has 214 valence electrons. The van der Waals surface area contributed by atoms with Gasteiger partial charge in [-0.2, -0.15) is 0 Å². The number of carbonyl (C=O) groups excluding carboxylic acids is 2. The summed E-state index contributed by atoms with van der Waals surface area (Å²) in [6, 6.07) is 21.5. The number of para-hydroxylation sites is 2. The molecule has 1 unspecified atom stereocenters. The van der Waals surface area contributed by atoms with E-state index >= 15 is 0 Å². The highest BCUT2D eigenvalue weighted by molar-refractivity contribution is 7.92. The van der Waals surface area contributed by atoms with Crippen LogP contribution in [-0.2, 0) is 26.2 Å². The van der Waals surface area contributed by atoms with E-state index in [1.165, 1.54) is 17.0 Å². The Kier molecular flexibility index (Phi) is 10.7. The Bertz CT molecular complexity index is 1390. The first-order valence-electron chi connectivity index (χ1n) is 13.5. The highest BCUT2D eigenvalue weighted by Gasteiger charge is 2.34. The van der Waals surface area contributed by atoms with Crippen molar-refractivity contribution in [1.82, 2.24) is 10.2 Å². The summed E-state index contributed by atoms with van der Waals surface area (Å²) in [6.45, 7) is 9.26. The van der Waals surface area contributed by atoms with Gasteiger partial charge < -0.3 is 15.0 Å². The smallest absolute Gasteiger partial charge is 0.264 e. The number of ether oxygens (including phenoxy) is 1. The van der Waals surface area contributed by atoms with Crippen molar-refractivity contribution >= 4 is 27.5 Å². The highest BCUT2D eigenvalue weighted by Crippen LogP contribution is 2.33. The second-order valence-corrected chi connectivity index (χ2v) is 11.7. The van der Waals surface area contributed by atoms with Gasteiger partial charge in [-0.05, 0) is 63.9 Å². The van der Waals surface area contributed by atoms with Gasteiger partial charge in [0.25, 0.3) is 10.0 Å². The molecule has 0 radical (unpaired) electrons. The fourth-order valence-electron chi connectivity index (χ4n) is 4.48. The normalized spacial score (nSPS) is 12.1. The molecule has 3 aromatic carbocycles. The fraction of sp³-hybridized carbons (Fsp3) is 0.355. The molecule has 0 bridgehead atoms. The van der Waals surface area contributed by atoms with Crippen LogP contribution >= 0.6 is 0 Å². The lowest BCUT2D eigenvalue weighted by Gasteiger charge is -2.34. The quantitative estimate of drug-likeness (QED) is 0.317. The van der Waals surface area contributed by atoms with Gasteiger partial charge in [-0.1, -0.05) is 67.1 Å². The lowest BCUT2D eigenvalue weighted by atomic mass is 10.1. The third kappa shape index (κ3) is 7.63. The Labute approximate surface area is 238 Å². The molecule has 3 aromatic rings. The molecule has 40 heavy (non-hydrogen) atoms. The number of nitrogens with one attached hydrogen (secondary N) is 1. The molecule has 0 fully saturated rings. The Morgan fingerprint density at radius 2 is 1.60 bits per heavy atom. The first-order chi connectivity index (χ1) is 19.1. The first-order valence-corrected chi connectivity index (χ1v) is 15.0. The summed E-state index contributed by atoms with van der Waals surface area (Å²) in [5.74, 6) is -0.448. The van der Waals surface area contributed by atoms with Crippen molar-refractivity contribution < 1.29 is 22.7 Å². The maximum Gasteiger partial charge on any atom is 0.264 e. The maximum absolute atomic E-state index is 14.2. The minimum atomic E-state index is -4.17. The average molecular weight is 566 g/mol. The summed E-state index contributed by atoms with van der Waals surface area (Å²) >= 11 is 0. The summed E-state index contributed by atoms with van der Waals surface area (Å²) in [6.07, 6.45) is 0.358. The summed E-state index contributed by atoms with van der Waals surface area (Å²) in [5.41, 5.74) is 2.11. The summed E-state index contributed by atoms with van der Waals surface area (Å²) in [5, 5.41) is 2.91. The molecular formula is C31H39N3O5S. The number of carbonyl (C=O) groups is 2. The molecule has 9 heteroatoms. The number of hydrogen-bond donors (Lipinski definition) is 1. The van der Waals surface area contributed by atoms with Gasteiger partial charge in [-0.25, -0.2) is 8.42 Å². The fourth-order valence-corrected chi connectivity index (χ4v) is 5.93. The van der Waals surface area contributed by atoms with Gasteiger partial charge in [0.15, 0.2) is 0 Å². The van der Waals surface area contributed by atoms with E-state index in [2.05, 4.69) is 5.32 Å². The minimum absolute atomic E-state index is 0.0453. The van der Waals surface area contributed by atoms with Crippen LogP contribution in [0.3, 0.4) is 0 Å². The van der Waals surface area contributed by atoms with E-state index in [0.29, 0.717) is 18.8 Å². The number of rotatable bonds is 13. The zero-order chi connectivity index (χ0) is 29.3. The van der Waals surface area contributed by atoms with Crippen molar-refractivity contribution in [2.75, 3.05) is 17.5 Å². The molecule has 0 aromatic heterocycles. The van der Waals surface area contributed by atoms with Crippen LogP contribution < -0.4 is 14.4 Å². The van der Waals surface area contributed by atoms with Gasteiger partial charge in [0.05, 0.1) is 17.2 Å². The lowest BCUT2D eigenvalue weighted by Crippen LogP contribution is -2.53. The topological polar surface area (TPSA) is 96.0 Å². The van der Waals surface area contributed by atoms with Crippen LogP contribution in [0.4, 0.5) is 5.69 Å². The predicted octanol–water partition coefficient (Wildman–Crippen LogP) is 4.92. The molecule has 0 spiro atoms. The Morgan fingerprint density at radius 1 is 0.925 bits per heavy atom. The second-order valence-electron chi connectivity index (χ2n) is 9.82. The molecule has 0 aliphatic rings. The van der Waals surface area contributed by atoms with E-state index in [1.54, 1.807) is 49.4 Å². The molecule has 8 nitrogen and oxygen atoms in total. The number of aryl methyl sites for hydroxylation is 1. The molecular weight excluding hydrogens is 526 g/mol. The van der Waals surface area contributed by atoms with Crippen molar-refractivity contribution in [1.29, 1.82) is 0 Å². The number of benzene rings is 3. The van der Waals surface area contributed by atoms with E-state index in [9.17, 15) is 18.0 Å². The maximum atomic E-state index is 14.2. The molecule has 2 amide bonds. The van der Waals surface area contributed by atoms with E-state index in [-0.39, 0.29) is 29.1 Å². The van der Waals surface area contributed by atoms with Crippen LogP contribution in [0.1, 0.15) is 45.2 Å². The van der Waals surface area contributed by atoms with Crippen LogP contribution in [0, 0.1) is 6.92 Å². The van der Waals surface area contributed by atoms with Gasteiger partial charge >= 0.3 is 0 Å². The number of nitrogens with zero attached hydrogens (tertiary/aromatic N) is 2. The molecule has 0 saturated carbocycles. The van der Waals surface area contributed by atoms with Crippen molar-refractivity contribution in [3.05, 3.63) is 90.0 Å². The van der Waals surface area contributed by atoms with Crippen LogP contribution in [0.5, 0.6) is 5.75 Å². The second kappa shape index (κ2) is 14.0. The molecule has 0 saturated heterocycles. The summed E-state index contributed by atoms with van der Waals surface area (Å²) < 4.78 is 34.8. The van der Waals surface area contributed by atoms with E-state index < -0.39 is 28.5 Å². The van der Waals surface area contributed by atoms with Crippen LogP contribution in [0.2, 0.25) is 0 Å². The number of sulfonamides is 1. The van der Waals surface area contributed by atoms with Crippen molar-refractivity contribution in [3.63, 3.8) is 0 Å². The van der Waals surface area contributed by atoms with Gasteiger partial charge in [-0.3, -0.25) is 13.9 Å². The standard InChI is InChI=1S/C31H39N3O5S/c1-6-27(31(36)32-23(3)4)33(21-25-15-13-14-24(5)20-25)30(35)22-34(28-18-11-12-19-29(28)39-7-2)40(37,38)26-16-9-8-10-17-26/h8-20,23,27H,6-7,21-22H2,1-5H3,(H,32,36). The minimum Gasteiger partial charge on any atom is -0.492 e. The largest absolute Gasteiger partial charge is 0.492 e. The Morgan fingerprint density at radius 3 is 2.23 bits per heavy atom. The lowest BCUT2D eigenvalue weighted by molar-refractivity contribution is -0.140. The Hall–Kier alpha value is -3.85. The Balaban J connectivity index is 2.10. The third-order valence-corrected chi connectivity index (χ3v) is 8.07. The van der Waals surface area contributed by atoms with Gasteiger partial charge in [0, 0.05) is 12.6 Å². The van der Waals surface area contributed by atoms with E-state index in [1.807, 2.05) is 52.0 Å². The number of hydrogen-bond acceptors (Lipinski definition) is 5. The van der Waals surface area contributed by atoms with Gasteiger partial charge in [0.1, 0.15) is 18.3 Å². The molecule has 0 aliphatic heterocycles. The number of anilines is 1. The molecule has 1 N–H and O–H groups in total. The summed E-state index contributed by atoms with van der Waals surface area (Å²) in [4.78, 5) is 28.9. The van der Waals surface area contributed by atoms with Gasteiger partial charge in [0.2, 0.25) is 11.8 Å². The average Bonchev–Trinajstić information content (AvgIpc) is 2.92. The third-order valence-electron chi connectivity index (χ3n) is 6.30. The van der Waals surface area contributed by atoms with Crippen LogP contribution in [0.25, 0.3) is 0 Å². The monoisotopic (exact) mass is 565 g/mol. The predicted molar refractivity (Wildman–Crippen MR) is 158 cm³/mol. The van der Waals surface area contributed by atoms with Crippen molar-refractivity contribution in [2.45, 2.75) is 64.6 Å².